The first kappa shape index (κ1) is 12.9. The van der Waals surface area contributed by atoms with Crippen LogP contribution in [-0.2, 0) is 6.54 Å². The first-order valence-electron chi connectivity index (χ1n) is 6.37. The normalized spacial score (nSPS) is 10.7. The van der Waals surface area contributed by atoms with Crippen LogP contribution in [0.4, 0.5) is 0 Å². The molecule has 0 amide bonds. The molecule has 0 aliphatic rings. The molecule has 0 saturated heterocycles. The molecule has 0 atom stereocenters. The molecule has 100 valence electrons. The second kappa shape index (κ2) is 5.49. The zero-order chi connectivity index (χ0) is 13.9. The summed E-state index contributed by atoms with van der Waals surface area (Å²) in [5, 5.41) is 5.03. The number of hydrogen-bond donors (Lipinski definition) is 1. The van der Waals surface area contributed by atoms with Crippen LogP contribution in [-0.4, -0.2) is 9.78 Å². The van der Waals surface area contributed by atoms with E-state index in [9.17, 15) is 0 Å². The van der Waals surface area contributed by atoms with Crippen molar-refractivity contribution in [2.75, 3.05) is 0 Å². The summed E-state index contributed by atoms with van der Waals surface area (Å²) in [4.78, 5) is 0. The van der Waals surface area contributed by atoms with Crippen LogP contribution in [0.3, 0.4) is 0 Å². The van der Waals surface area contributed by atoms with E-state index in [1.54, 1.807) is 4.68 Å². The van der Waals surface area contributed by atoms with Crippen molar-refractivity contribution in [2.45, 2.75) is 6.54 Å². The fourth-order valence-corrected chi connectivity index (χ4v) is 2.39. The fraction of sp³-hybridized carbons (Fsp3) is 0.0625. The molecular formula is C16H14ClN3. The van der Waals surface area contributed by atoms with Gasteiger partial charge in [0.05, 0.1) is 16.9 Å². The topological polar surface area (TPSA) is 43.8 Å². The lowest BCUT2D eigenvalue weighted by molar-refractivity contribution is 0.879. The van der Waals surface area contributed by atoms with Gasteiger partial charge in [-0.15, -0.1) is 0 Å². The summed E-state index contributed by atoms with van der Waals surface area (Å²) in [6.45, 7) is 0.481. The van der Waals surface area contributed by atoms with E-state index in [0.717, 1.165) is 22.4 Å². The van der Waals surface area contributed by atoms with Gasteiger partial charge in [-0.3, -0.25) is 0 Å². The predicted molar refractivity (Wildman–Crippen MR) is 81.9 cm³/mol. The number of aromatic nitrogens is 2. The lowest BCUT2D eigenvalue weighted by Gasteiger charge is -2.06. The zero-order valence-electron chi connectivity index (χ0n) is 10.8. The highest BCUT2D eigenvalue weighted by Gasteiger charge is 2.07. The quantitative estimate of drug-likeness (QED) is 0.797. The minimum absolute atomic E-state index is 0.481. The van der Waals surface area contributed by atoms with Gasteiger partial charge in [0, 0.05) is 18.3 Å². The molecule has 0 aliphatic heterocycles. The number of benzene rings is 2. The highest BCUT2D eigenvalue weighted by atomic mass is 35.5. The molecule has 4 heteroatoms. The van der Waals surface area contributed by atoms with Crippen molar-refractivity contribution < 1.29 is 0 Å². The second-order valence-corrected chi connectivity index (χ2v) is 4.94. The van der Waals surface area contributed by atoms with Crippen LogP contribution in [0.1, 0.15) is 5.56 Å². The Bertz CT molecular complexity index is 720. The Labute approximate surface area is 122 Å². The number of hydrogen-bond acceptors (Lipinski definition) is 2. The van der Waals surface area contributed by atoms with E-state index in [1.165, 1.54) is 0 Å². The smallest absolute Gasteiger partial charge is 0.0832 e. The third-order valence-corrected chi connectivity index (χ3v) is 3.49. The van der Waals surface area contributed by atoms with Crippen LogP contribution in [0.2, 0.25) is 5.02 Å². The van der Waals surface area contributed by atoms with E-state index >= 15 is 0 Å². The van der Waals surface area contributed by atoms with Gasteiger partial charge in [0.15, 0.2) is 0 Å². The van der Waals surface area contributed by atoms with Gasteiger partial charge in [0.2, 0.25) is 0 Å². The van der Waals surface area contributed by atoms with Crippen molar-refractivity contribution in [2.24, 2.45) is 5.73 Å². The van der Waals surface area contributed by atoms with Crippen molar-refractivity contribution in [3.63, 3.8) is 0 Å². The standard InChI is InChI=1S/C16H14ClN3/c17-15-8-12(9-18)6-7-16(15)20-11-14(10-19-20)13-4-2-1-3-5-13/h1-8,10-11H,9,18H2. The summed E-state index contributed by atoms with van der Waals surface area (Å²) in [6, 6.07) is 15.9. The van der Waals surface area contributed by atoms with Crippen molar-refractivity contribution in [3.05, 3.63) is 71.5 Å². The Morgan fingerprint density at radius 2 is 1.85 bits per heavy atom. The molecule has 0 unspecified atom stereocenters. The Kier molecular flexibility index (Phi) is 3.54. The van der Waals surface area contributed by atoms with Crippen LogP contribution in [0.5, 0.6) is 0 Å². The molecule has 20 heavy (non-hydrogen) atoms. The lowest BCUT2D eigenvalue weighted by Crippen LogP contribution is -1.99. The number of nitrogens with zero attached hydrogens (tertiary/aromatic N) is 2. The van der Waals surface area contributed by atoms with E-state index in [-0.39, 0.29) is 0 Å². The number of rotatable bonds is 3. The first-order valence-corrected chi connectivity index (χ1v) is 6.74. The van der Waals surface area contributed by atoms with E-state index < -0.39 is 0 Å². The summed E-state index contributed by atoms with van der Waals surface area (Å²) in [5.41, 5.74) is 9.66. The van der Waals surface area contributed by atoms with Gasteiger partial charge >= 0.3 is 0 Å². The van der Waals surface area contributed by atoms with Crippen LogP contribution in [0, 0.1) is 0 Å². The van der Waals surface area contributed by atoms with Crippen molar-refractivity contribution in [3.8, 4) is 16.8 Å². The highest BCUT2D eigenvalue weighted by Crippen LogP contribution is 2.24. The zero-order valence-corrected chi connectivity index (χ0v) is 11.6. The average molecular weight is 284 g/mol. The molecule has 0 bridgehead atoms. The van der Waals surface area contributed by atoms with Crippen molar-refractivity contribution in [1.29, 1.82) is 0 Å². The Morgan fingerprint density at radius 3 is 2.55 bits per heavy atom. The SMILES string of the molecule is NCc1ccc(-n2cc(-c3ccccc3)cn2)c(Cl)c1. The summed E-state index contributed by atoms with van der Waals surface area (Å²) >= 11 is 6.28. The summed E-state index contributed by atoms with van der Waals surface area (Å²) in [5.74, 6) is 0. The van der Waals surface area contributed by atoms with E-state index in [2.05, 4.69) is 17.2 Å². The molecule has 1 heterocycles. The van der Waals surface area contributed by atoms with Crippen LogP contribution in [0.25, 0.3) is 16.8 Å². The maximum Gasteiger partial charge on any atom is 0.0832 e. The molecule has 1 aromatic heterocycles. The molecule has 2 N–H and O–H groups in total. The van der Waals surface area contributed by atoms with Gasteiger partial charge in [0.1, 0.15) is 0 Å². The maximum atomic E-state index is 6.28. The molecule has 0 fully saturated rings. The Morgan fingerprint density at radius 1 is 1.05 bits per heavy atom. The fourth-order valence-electron chi connectivity index (χ4n) is 2.10. The molecule has 0 spiro atoms. The summed E-state index contributed by atoms with van der Waals surface area (Å²) in [6.07, 6.45) is 3.81. The Balaban J connectivity index is 1.98. The van der Waals surface area contributed by atoms with Gasteiger partial charge in [-0.25, -0.2) is 4.68 Å². The van der Waals surface area contributed by atoms with Gasteiger partial charge in [0.25, 0.3) is 0 Å². The molecule has 3 nitrogen and oxygen atoms in total. The molecule has 0 radical (unpaired) electrons. The maximum absolute atomic E-state index is 6.28. The van der Waals surface area contributed by atoms with Crippen LogP contribution in [0.15, 0.2) is 60.9 Å². The van der Waals surface area contributed by atoms with Gasteiger partial charge in [-0.2, -0.15) is 5.10 Å². The number of halogens is 1. The molecule has 2 aromatic carbocycles. The second-order valence-electron chi connectivity index (χ2n) is 4.53. The van der Waals surface area contributed by atoms with Gasteiger partial charge in [-0.05, 0) is 23.3 Å². The first-order chi connectivity index (χ1) is 9.78. The highest BCUT2D eigenvalue weighted by molar-refractivity contribution is 6.32. The van der Waals surface area contributed by atoms with E-state index in [0.29, 0.717) is 11.6 Å². The third-order valence-electron chi connectivity index (χ3n) is 3.18. The van der Waals surface area contributed by atoms with Crippen molar-refractivity contribution in [1.82, 2.24) is 9.78 Å². The minimum Gasteiger partial charge on any atom is -0.326 e. The average Bonchev–Trinajstić information content (AvgIpc) is 2.97. The molecule has 0 aliphatic carbocycles. The van der Waals surface area contributed by atoms with Crippen LogP contribution < -0.4 is 5.73 Å². The number of nitrogens with two attached hydrogens (primary N) is 1. The third kappa shape index (κ3) is 2.46. The van der Waals surface area contributed by atoms with Crippen LogP contribution >= 0.6 is 11.6 Å². The summed E-state index contributed by atoms with van der Waals surface area (Å²) < 4.78 is 1.78. The molecular weight excluding hydrogens is 270 g/mol. The van der Waals surface area contributed by atoms with Gasteiger partial charge < -0.3 is 5.73 Å². The molecule has 3 aromatic rings. The van der Waals surface area contributed by atoms with E-state index in [1.807, 2.05) is 48.8 Å². The lowest BCUT2D eigenvalue weighted by atomic mass is 10.1. The molecule has 3 rings (SSSR count). The monoisotopic (exact) mass is 283 g/mol. The largest absolute Gasteiger partial charge is 0.326 e. The Hall–Kier alpha value is -2.10. The minimum atomic E-state index is 0.481. The van der Waals surface area contributed by atoms with E-state index in [4.69, 9.17) is 17.3 Å². The van der Waals surface area contributed by atoms with Crippen molar-refractivity contribution >= 4 is 11.6 Å². The predicted octanol–water partition coefficient (Wildman–Crippen LogP) is 3.65. The summed E-state index contributed by atoms with van der Waals surface area (Å²) in [7, 11) is 0. The molecule has 0 saturated carbocycles. The van der Waals surface area contributed by atoms with Gasteiger partial charge in [-0.1, -0.05) is 48.0 Å².